The summed E-state index contributed by atoms with van der Waals surface area (Å²) in [5.74, 6) is 0.670. The fraction of sp³-hybridized carbons (Fsp3) is 0.222. The van der Waals surface area contributed by atoms with E-state index < -0.39 is 0 Å². The predicted molar refractivity (Wildman–Crippen MR) is 102 cm³/mol. The number of nitrogens with one attached hydrogen (secondary N) is 1. The minimum Gasteiger partial charge on any atom is -0.333 e. The highest BCUT2D eigenvalue weighted by atomic mass is 35.5. The Morgan fingerprint density at radius 3 is 2.81 bits per heavy atom. The van der Waals surface area contributed by atoms with Crippen LogP contribution in [0.25, 0.3) is 0 Å². The molecule has 0 saturated heterocycles. The van der Waals surface area contributed by atoms with Crippen LogP contribution in [0.2, 0.25) is 5.28 Å². The van der Waals surface area contributed by atoms with Crippen molar-refractivity contribution < 1.29 is 4.79 Å². The normalized spacial score (nSPS) is 13.4. The van der Waals surface area contributed by atoms with Crippen molar-refractivity contribution in [1.29, 1.82) is 0 Å². The Kier molecular flexibility index (Phi) is 4.57. The van der Waals surface area contributed by atoms with Gasteiger partial charge in [0.1, 0.15) is 5.82 Å². The molecule has 0 radical (unpaired) electrons. The Labute approximate surface area is 159 Å². The third-order valence-corrected chi connectivity index (χ3v) is 5.27. The van der Waals surface area contributed by atoms with Crippen molar-refractivity contribution in [2.24, 2.45) is 0 Å². The van der Waals surface area contributed by atoms with Crippen LogP contribution >= 0.6 is 22.9 Å². The first kappa shape index (κ1) is 16.9. The number of halogens is 1. The summed E-state index contributed by atoms with van der Waals surface area (Å²) in [6, 6.07) is 11.2. The van der Waals surface area contributed by atoms with Crippen LogP contribution in [-0.2, 0) is 13.0 Å². The number of nitrogens with zero attached hydrogens (tertiary/aromatic N) is 4. The lowest BCUT2D eigenvalue weighted by Crippen LogP contribution is -2.35. The Balaban J connectivity index is 1.51. The van der Waals surface area contributed by atoms with E-state index >= 15 is 0 Å². The average Bonchev–Trinajstić information content (AvgIpc) is 3.02. The van der Waals surface area contributed by atoms with E-state index in [1.165, 1.54) is 11.3 Å². The summed E-state index contributed by atoms with van der Waals surface area (Å²) in [7, 11) is 0. The van der Waals surface area contributed by atoms with Gasteiger partial charge in [0.05, 0.1) is 12.2 Å². The van der Waals surface area contributed by atoms with Crippen LogP contribution in [0, 0.1) is 6.92 Å². The first-order valence-corrected chi connectivity index (χ1v) is 9.39. The zero-order chi connectivity index (χ0) is 18.1. The number of hydrogen-bond donors (Lipinski definition) is 1. The summed E-state index contributed by atoms with van der Waals surface area (Å²) in [4.78, 5) is 28.5. The number of hydrogen-bond acceptors (Lipinski definition) is 6. The number of thiazole rings is 1. The van der Waals surface area contributed by atoms with Crippen molar-refractivity contribution in [3.8, 4) is 0 Å². The number of rotatable bonds is 3. The molecular weight excluding hydrogens is 370 g/mol. The molecule has 1 aliphatic heterocycles. The zero-order valence-electron chi connectivity index (χ0n) is 14.1. The molecular formula is C18H16ClN5OS. The molecule has 1 N–H and O–H groups in total. The van der Waals surface area contributed by atoms with Crippen molar-refractivity contribution in [2.45, 2.75) is 19.9 Å². The zero-order valence-corrected chi connectivity index (χ0v) is 15.6. The molecule has 0 spiro atoms. The van der Waals surface area contributed by atoms with Gasteiger partial charge in [0.25, 0.3) is 5.91 Å². The van der Waals surface area contributed by atoms with Crippen LogP contribution in [0.3, 0.4) is 0 Å². The van der Waals surface area contributed by atoms with Crippen molar-refractivity contribution in [3.63, 3.8) is 0 Å². The molecule has 0 fully saturated rings. The van der Waals surface area contributed by atoms with Gasteiger partial charge in [-0.25, -0.2) is 15.0 Å². The second-order valence-corrected chi connectivity index (χ2v) is 7.44. The molecule has 2 aromatic heterocycles. The van der Waals surface area contributed by atoms with E-state index in [1.807, 2.05) is 48.2 Å². The molecule has 0 atom stereocenters. The van der Waals surface area contributed by atoms with Crippen LogP contribution in [0.4, 0.5) is 10.9 Å². The number of aryl methyl sites for hydroxylation is 1. The van der Waals surface area contributed by atoms with Crippen molar-refractivity contribution in [2.75, 3.05) is 11.9 Å². The fourth-order valence-electron chi connectivity index (χ4n) is 2.89. The third-order valence-electron chi connectivity index (χ3n) is 4.10. The van der Waals surface area contributed by atoms with Crippen molar-refractivity contribution in [1.82, 2.24) is 19.9 Å². The van der Waals surface area contributed by atoms with Gasteiger partial charge in [0.15, 0.2) is 5.13 Å². The van der Waals surface area contributed by atoms with Crippen LogP contribution in [0.1, 0.15) is 26.6 Å². The molecule has 0 saturated carbocycles. The maximum Gasteiger partial charge on any atom is 0.254 e. The number of fused-ring (bicyclic) bond motifs is 1. The van der Waals surface area contributed by atoms with Gasteiger partial charge >= 0.3 is 0 Å². The molecule has 0 bridgehead atoms. The standard InChI is InChI=1S/C18H16ClN5OS/c1-11-9-15(22-17(19)20-11)23-18-21-13-7-8-24(10-14(13)26-18)16(25)12-5-3-2-4-6-12/h2-6,9H,7-8,10H2,1H3,(H,20,21,22,23). The second-order valence-electron chi connectivity index (χ2n) is 6.02. The summed E-state index contributed by atoms with van der Waals surface area (Å²) >= 11 is 7.44. The summed E-state index contributed by atoms with van der Waals surface area (Å²) in [6.07, 6.45) is 0.746. The summed E-state index contributed by atoms with van der Waals surface area (Å²) < 4.78 is 0. The number of anilines is 2. The highest BCUT2D eigenvalue weighted by Crippen LogP contribution is 2.30. The molecule has 8 heteroatoms. The van der Waals surface area contributed by atoms with Gasteiger partial charge in [-0.3, -0.25) is 4.79 Å². The Bertz CT molecular complexity index is 939. The van der Waals surface area contributed by atoms with E-state index in [9.17, 15) is 4.79 Å². The Morgan fingerprint density at radius 1 is 1.23 bits per heavy atom. The Hall–Kier alpha value is -2.51. The minimum absolute atomic E-state index is 0.0531. The molecule has 26 heavy (non-hydrogen) atoms. The molecule has 1 amide bonds. The largest absolute Gasteiger partial charge is 0.333 e. The molecule has 4 rings (SSSR count). The van der Waals surface area contributed by atoms with Gasteiger partial charge in [-0.1, -0.05) is 29.5 Å². The molecule has 0 aliphatic carbocycles. The highest BCUT2D eigenvalue weighted by molar-refractivity contribution is 7.15. The topological polar surface area (TPSA) is 71.0 Å². The number of carbonyl (C=O) groups is 1. The third kappa shape index (κ3) is 3.54. The summed E-state index contributed by atoms with van der Waals surface area (Å²) in [5.41, 5.74) is 2.53. The lowest BCUT2D eigenvalue weighted by atomic mass is 10.1. The quantitative estimate of drug-likeness (QED) is 0.693. The van der Waals surface area contributed by atoms with Gasteiger partial charge in [-0.2, -0.15) is 0 Å². The van der Waals surface area contributed by atoms with E-state index in [4.69, 9.17) is 11.6 Å². The molecule has 0 unspecified atom stereocenters. The molecule has 1 aromatic carbocycles. The lowest BCUT2D eigenvalue weighted by molar-refractivity contribution is 0.0736. The number of carbonyl (C=O) groups excluding carboxylic acids is 1. The number of amides is 1. The van der Waals surface area contributed by atoms with E-state index in [0.29, 0.717) is 24.5 Å². The smallest absolute Gasteiger partial charge is 0.254 e. The van der Waals surface area contributed by atoms with E-state index in [1.54, 1.807) is 0 Å². The fourth-order valence-corrected chi connectivity index (χ4v) is 4.15. The SMILES string of the molecule is Cc1cc(Nc2nc3c(s2)CN(C(=O)c2ccccc2)CC3)nc(Cl)n1. The van der Waals surface area contributed by atoms with Crippen molar-refractivity contribution >= 4 is 39.8 Å². The summed E-state index contributed by atoms with van der Waals surface area (Å²) in [5, 5.41) is 4.14. The molecule has 132 valence electrons. The van der Waals surface area contributed by atoms with Gasteiger partial charge in [0.2, 0.25) is 5.28 Å². The minimum atomic E-state index is 0.0531. The Morgan fingerprint density at radius 2 is 2.04 bits per heavy atom. The molecule has 1 aliphatic rings. The highest BCUT2D eigenvalue weighted by Gasteiger charge is 2.25. The number of benzene rings is 1. The number of aromatic nitrogens is 3. The van der Waals surface area contributed by atoms with Gasteiger partial charge in [-0.15, -0.1) is 0 Å². The van der Waals surface area contributed by atoms with E-state index in [2.05, 4.69) is 20.3 Å². The van der Waals surface area contributed by atoms with E-state index in [0.717, 1.165) is 27.8 Å². The van der Waals surface area contributed by atoms with Gasteiger partial charge in [-0.05, 0) is 30.7 Å². The maximum atomic E-state index is 12.6. The maximum absolute atomic E-state index is 12.6. The van der Waals surface area contributed by atoms with E-state index in [-0.39, 0.29) is 11.2 Å². The van der Waals surface area contributed by atoms with Gasteiger partial charge in [0, 0.05) is 35.2 Å². The predicted octanol–water partition coefficient (Wildman–Crippen LogP) is 3.84. The first-order valence-electron chi connectivity index (χ1n) is 8.19. The van der Waals surface area contributed by atoms with Gasteiger partial charge < -0.3 is 10.2 Å². The van der Waals surface area contributed by atoms with Crippen LogP contribution in [0.5, 0.6) is 0 Å². The van der Waals surface area contributed by atoms with Crippen molar-refractivity contribution in [3.05, 3.63) is 63.5 Å². The molecule has 3 heterocycles. The first-order chi connectivity index (χ1) is 12.6. The van der Waals surface area contributed by atoms with Crippen LogP contribution in [-0.4, -0.2) is 32.3 Å². The average molecular weight is 386 g/mol. The summed E-state index contributed by atoms with van der Waals surface area (Å²) in [6.45, 7) is 3.10. The monoisotopic (exact) mass is 385 g/mol. The molecule has 3 aromatic rings. The lowest BCUT2D eigenvalue weighted by Gasteiger charge is -2.26. The van der Waals surface area contributed by atoms with Crippen LogP contribution in [0.15, 0.2) is 36.4 Å². The molecule has 6 nitrogen and oxygen atoms in total. The second kappa shape index (κ2) is 7.01. The van der Waals surface area contributed by atoms with Crippen LogP contribution < -0.4 is 5.32 Å².